The van der Waals surface area contributed by atoms with E-state index in [9.17, 15) is 12.8 Å². The quantitative estimate of drug-likeness (QED) is 0.346. The summed E-state index contributed by atoms with van der Waals surface area (Å²) in [5.74, 6) is -0.681. The molecule has 9 heteroatoms. The highest BCUT2D eigenvalue weighted by Crippen LogP contribution is 2.39. The molecule has 1 heterocycles. The number of hydrogen-bond acceptors (Lipinski definition) is 4. The van der Waals surface area contributed by atoms with Gasteiger partial charge in [-0.2, -0.15) is 5.26 Å². The van der Waals surface area contributed by atoms with Crippen LogP contribution in [0.3, 0.4) is 0 Å². The number of nitriles is 1. The van der Waals surface area contributed by atoms with Gasteiger partial charge in [0.25, 0.3) is 10.0 Å². The van der Waals surface area contributed by atoms with E-state index in [2.05, 4.69) is 15.9 Å². The molecule has 2 aromatic carbocycles. The second-order valence-corrected chi connectivity index (χ2v) is 10.9. The van der Waals surface area contributed by atoms with E-state index in [0.29, 0.717) is 28.4 Å². The Bertz CT molecular complexity index is 1450. The number of ether oxygens (including phenoxy) is 1. The molecule has 0 radical (unpaired) electrons. The van der Waals surface area contributed by atoms with Crippen molar-refractivity contribution in [3.05, 3.63) is 83.6 Å². The fraction of sp³-hybridized carbons (Fsp3) is 0.208. The third-order valence-electron chi connectivity index (χ3n) is 5.70. The first-order valence-electron chi connectivity index (χ1n) is 10.1. The number of nitrogens with zero attached hydrogens (tertiary/aromatic N) is 2. The number of halogens is 3. The normalized spacial score (nSPS) is 18.5. The van der Waals surface area contributed by atoms with E-state index in [-0.39, 0.29) is 17.7 Å². The second kappa shape index (κ2) is 8.76. The molecule has 0 N–H and O–H groups in total. The van der Waals surface area contributed by atoms with Crippen molar-refractivity contribution >= 4 is 36.9 Å². The summed E-state index contributed by atoms with van der Waals surface area (Å²) in [6.45, 7) is 1.39. The summed E-state index contributed by atoms with van der Waals surface area (Å²) in [6, 6.07) is 11.9. The zero-order chi connectivity index (χ0) is 23.8. The van der Waals surface area contributed by atoms with Crippen molar-refractivity contribution in [2.24, 2.45) is 0 Å². The standard InChI is InChI=1S/C24H19BrF2N2O3S/c1-24(9-6-16(7-10-25)12-23(24)27)33(30,31)29-11-8-17-13-20(3-5-22(17)29)32-19-2-4-21(26)18(14-19)15-28/h2-6,8,11-14H,7,9-10H2,1H3. The lowest BCUT2D eigenvalue weighted by Gasteiger charge is -2.30. The largest absolute Gasteiger partial charge is 0.457 e. The third-order valence-corrected chi connectivity index (χ3v) is 8.44. The maximum absolute atomic E-state index is 15.0. The molecule has 1 unspecified atom stereocenters. The number of benzene rings is 2. The van der Waals surface area contributed by atoms with Crippen LogP contribution in [0.4, 0.5) is 8.78 Å². The fourth-order valence-corrected chi connectivity index (χ4v) is 5.82. The first-order chi connectivity index (χ1) is 15.7. The molecule has 170 valence electrons. The summed E-state index contributed by atoms with van der Waals surface area (Å²) in [6.07, 6.45) is 5.11. The zero-order valence-electron chi connectivity index (χ0n) is 17.6. The van der Waals surface area contributed by atoms with E-state index in [1.54, 1.807) is 36.4 Å². The van der Waals surface area contributed by atoms with Gasteiger partial charge in [0.2, 0.25) is 0 Å². The van der Waals surface area contributed by atoms with Crippen LogP contribution in [0.1, 0.15) is 25.3 Å². The minimum absolute atomic E-state index is 0.0344. The van der Waals surface area contributed by atoms with Crippen LogP contribution in [-0.2, 0) is 10.0 Å². The van der Waals surface area contributed by atoms with Crippen LogP contribution in [0.25, 0.3) is 10.9 Å². The first-order valence-corrected chi connectivity index (χ1v) is 12.6. The van der Waals surface area contributed by atoms with Crippen LogP contribution < -0.4 is 4.74 Å². The van der Waals surface area contributed by atoms with Gasteiger partial charge in [-0.3, -0.25) is 0 Å². The topological polar surface area (TPSA) is 72.1 Å². The predicted octanol–water partition coefficient (Wildman–Crippen LogP) is 6.35. The second-order valence-electron chi connectivity index (χ2n) is 7.84. The van der Waals surface area contributed by atoms with E-state index < -0.39 is 26.4 Å². The van der Waals surface area contributed by atoms with Gasteiger partial charge < -0.3 is 4.74 Å². The molecule has 0 bridgehead atoms. The molecular weight excluding hydrogens is 514 g/mol. The highest BCUT2D eigenvalue weighted by Gasteiger charge is 2.45. The highest BCUT2D eigenvalue weighted by atomic mass is 79.9. The average Bonchev–Trinajstić information content (AvgIpc) is 3.22. The molecule has 1 aromatic heterocycles. The van der Waals surface area contributed by atoms with Gasteiger partial charge in [0.1, 0.15) is 34.0 Å². The monoisotopic (exact) mass is 532 g/mol. The van der Waals surface area contributed by atoms with Crippen LogP contribution in [0, 0.1) is 17.1 Å². The molecule has 0 saturated heterocycles. The van der Waals surface area contributed by atoms with Gasteiger partial charge in [0, 0.05) is 23.0 Å². The Morgan fingerprint density at radius 2 is 1.91 bits per heavy atom. The Morgan fingerprint density at radius 3 is 2.61 bits per heavy atom. The smallest absolute Gasteiger partial charge is 0.251 e. The number of hydrogen-bond donors (Lipinski definition) is 0. The average molecular weight is 533 g/mol. The maximum Gasteiger partial charge on any atom is 0.251 e. The van der Waals surface area contributed by atoms with Gasteiger partial charge in [-0.25, -0.2) is 21.2 Å². The molecule has 3 aromatic rings. The van der Waals surface area contributed by atoms with Gasteiger partial charge in [0.15, 0.2) is 0 Å². The lowest BCUT2D eigenvalue weighted by atomic mass is 9.95. The number of allylic oxidation sites excluding steroid dienone is 3. The number of alkyl halides is 1. The molecule has 0 saturated carbocycles. The lowest BCUT2D eigenvalue weighted by Crippen LogP contribution is -2.40. The van der Waals surface area contributed by atoms with Crippen molar-refractivity contribution in [1.82, 2.24) is 3.97 Å². The van der Waals surface area contributed by atoms with Crippen LogP contribution in [0.2, 0.25) is 0 Å². The van der Waals surface area contributed by atoms with E-state index in [4.69, 9.17) is 10.00 Å². The van der Waals surface area contributed by atoms with E-state index in [1.165, 1.54) is 31.3 Å². The van der Waals surface area contributed by atoms with Gasteiger partial charge in [-0.15, -0.1) is 0 Å². The summed E-state index contributed by atoms with van der Waals surface area (Å²) in [4.78, 5) is 0. The predicted molar refractivity (Wildman–Crippen MR) is 126 cm³/mol. The zero-order valence-corrected chi connectivity index (χ0v) is 20.0. The minimum Gasteiger partial charge on any atom is -0.457 e. The van der Waals surface area contributed by atoms with Gasteiger partial charge >= 0.3 is 0 Å². The Kier molecular flexibility index (Phi) is 6.16. The summed E-state index contributed by atoms with van der Waals surface area (Å²) in [7, 11) is -4.12. The summed E-state index contributed by atoms with van der Waals surface area (Å²) >= 11 is 3.31. The van der Waals surface area contributed by atoms with E-state index in [1.807, 2.05) is 0 Å². The number of rotatable bonds is 6. The Balaban J connectivity index is 1.66. The Labute approximate surface area is 198 Å². The fourth-order valence-electron chi connectivity index (χ4n) is 3.68. The van der Waals surface area contributed by atoms with Crippen LogP contribution >= 0.6 is 15.9 Å². The molecule has 1 atom stereocenters. The minimum atomic E-state index is -4.12. The van der Waals surface area contributed by atoms with Gasteiger partial charge in [-0.1, -0.05) is 22.0 Å². The lowest BCUT2D eigenvalue weighted by molar-refractivity contribution is 0.474. The van der Waals surface area contributed by atoms with E-state index >= 15 is 4.39 Å². The van der Waals surface area contributed by atoms with Crippen molar-refractivity contribution in [3.8, 4) is 17.6 Å². The van der Waals surface area contributed by atoms with Gasteiger partial charge in [0.05, 0.1) is 11.1 Å². The molecule has 0 spiro atoms. The molecule has 1 aliphatic rings. The highest BCUT2D eigenvalue weighted by molar-refractivity contribution is 9.09. The molecule has 33 heavy (non-hydrogen) atoms. The number of fused-ring (bicyclic) bond motifs is 1. The van der Waals surface area contributed by atoms with Crippen molar-refractivity contribution in [2.45, 2.75) is 24.5 Å². The van der Waals surface area contributed by atoms with Crippen molar-refractivity contribution in [2.75, 3.05) is 5.33 Å². The van der Waals surface area contributed by atoms with Crippen molar-refractivity contribution in [1.29, 1.82) is 5.26 Å². The van der Waals surface area contributed by atoms with E-state index in [0.717, 1.165) is 15.6 Å². The molecule has 0 fully saturated rings. The van der Waals surface area contributed by atoms with Crippen LogP contribution in [-0.4, -0.2) is 22.5 Å². The van der Waals surface area contributed by atoms with Crippen molar-refractivity contribution < 1.29 is 21.9 Å². The third kappa shape index (κ3) is 4.09. The van der Waals surface area contributed by atoms with Crippen LogP contribution in [0.15, 0.2) is 72.2 Å². The molecule has 1 aliphatic carbocycles. The van der Waals surface area contributed by atoms with Gasteiger partial charge in [-0.05, 0) is 67.8 Å². The first kappa shape index (κ1) is 23.2. The molecule has 4 rings (SSSR count). The van der Waals surface area contributed by atoms with Crippen molar-refractivity contribution in [3.63, 3.8) is 0 Å². The Hall–Kier alpha value is -2.96. The summed E-state index contributed by atoms with van der Waals surface area (Å²) in [5.41, 5.74) is 0.995. The van der Waals surface area contributed by atoms with Crippen LogP contribution in [0.5, 0.6) is 11.5 Å². The molecule has 0 aliphatic heterocycles. The molecule has 5 nitrogen and oxygen atoms in total. The SMILES string of the molecule is CC1(S(=O)(=O)n2ccc3cc(Oc4ccc(F)c(C#N)c4)ccc32)CC=C(CCBr)C=C1F. The number of aromatic nitrogens is 1. The Morgan fingerprint density at radius 1 is 1.18 bits per heavy atom. The molecule has 0 amide bonds. The maximum atomic E-state index is 15.0. The summed E-state index contributed by atoms with van der Waals surface area (Å²) in [5, 5.41) is 10.2. The summed E-state index contributed by atoms with van der Waals surface area (Å²) < 4.78 is 60.6. The molecular formula is C24H19BrF2N2O3S.